The molecule has 70 valence electrons. The Morgan fingerprint density at radius 2 is 2.15 bits per heavy atom. The minimum Gasteiger partial charge on any atom is -0.302 e. The van der Waals surface area contributed by atoms with E-state index in [1.165, 1.54) is 0 Å². The Labute approximate surface area is 80.8 Å². The first-order valence-corrected chi connectivity index (χ1v) is 4.60. The van der Waals surface area contributed by atoms with Crippen molar-refractivity contribution >= 4 is 29.0 Å². The Hall–Kier alpha value is -0.780. The Morgan fingerprint density at radius 3 is 2.62 bits per heavy atom. The molecule has 0 fully saturated rings. The van der Waals surface area contributed by atoms with Crippen molar-refractivity contribution in [2.75, 3.05) is 0 Å². The van der Waals surface area contributed by atoms with Crippen LogP contribution in [-0.4, -0.2) is 15.0 Å². The molecule has 13 heavy (non-hydrogen) atoms. The summed E-state index contributed by atoms with van der Waals surface area (Å²) >= 11 is 3.00. The minimum absolute atomic E-state index is 0.0135. The summed E-state index contributed by atoms with van der Waals surface area (Å²) in [5.74, 6) is -0.906. The van der Waals surface area contributed by atoms with E-state index in [9.17, 15) is 13.4 Å². The summed E-state index contributed by atoms with van der Waals surface area (Å²) in [6.45, 7) is 0. The van der Waals surface area contributed by atoms with Crippen molar-refractivity contribution in [3.8, 4) is 0 Å². The molecule has 0 spiro atoms. The van der Waals surface area contributed by atoms with E-state index >= 15 is 0 Å². The van der Waals surface area contributed by atoms with Gasteiger partial charge in [-0.3, -0.25) is 4.79 Å². The Kier molecular flexibility index (Phi) is 3.13. The molecule has 1 rings (SSSR count). The normalized spacial score (nSPS) is 12.5. The van der Waals surface area contributed by atoms with Crippen molar-refractivity contribution in [2.24, 2.45) is 0 Å². The van der Waals surface area contributed by atoms with Crippen molar-refractivity contribution in [3.63, 3.8) is 0 Å². The minimum atomic E-state index is -2.45. The molecule has 3 nitrogen and oxygen atoms in total. The molecular formula is C7H4ClFO3S. The quantitative estimate of drug-likeness (QED) is 0.614. The molecule has 0 heterocycles. The van der Waals surface area contributed by atoms with Gasteiger partial charge in [0.2, 0.25) is 0 Å². The van der Waals surface area contributed by atoms with Gasteiger partial charge in [-0.1, -0.05) is 11.6 Å². The van der Waals surface area contributed by atoms with Crippen LogP contribution in [0, 0.1) is 5.82 Å². The first-order valence-electron chi connectivity index (χ1n) is 3.11. The largest absolute Gasteiger partial charge is 0.302 e. The fraction of sp³-hybridized carbons (Fsp3) is 0. The second kappa shape index (κ2) is 3.95. The molecule has 1 N–H and O–H groups in total. The summed E-state index contributed by atoms with van der Waals surface area (Å²) in [6.07, 6.45) is 0.387. The van der Waals surface area contributed by atoms with Crippen molar-refractivity contribution in [3.05, 3.63) is 28.5 Å². The summed E-state index contributed by atoms with van der Waals surface area (Å²) in [6, 6.07) is 1.77. The fourth-order valence-electron chi connectivity index (χ4n) is 0.769. The molecular weight excluding hydrogens is 219 g/mol. The SMILES string of the molecule is O=Cc1cc(S(=O)O)c(F)cc1Cl. The second-order valence-corrected chi connectivity index (χ2v) is 3.52. The van der Waals surface area contributed by atoms with E-state index in [0.717, 1.165) is 12.1 Å². The maximum Gasteiger partial charge on any atom is 0.189 e. The monoisotopic (exact) mass is 222 g/mol. The summed E-state index contributed by atoms with van der Waals surface area (Å²) in [5, 5.41) is -0.0818. The third kappa shape index (κ3) is 2.12. The molecule has 0 saturated carbocycles. The van der Waals surface area contributed by atoms with Crippen LogP contribution in [0.2, 0.25) is 5.02 Å². The molecule has 1 aromatic carbocycles. The first kappa shape index (κ1) is 10.3. The van der Waals surface area contributed by atoms with E-state index in [2.05, 4.69) is 0 Å². The predicted octanol–water partition coefficient (Wildman–Crippen LogP) is 1.87. The first-order chi connectivity index (χ1) is 6.06. The van der Waals surface area contributed by atoms with Gasteiger partial charge in [-0.15, -0.1) is 0 Å². The number of carbonyl (C=O) groups is 1. The van der Waals surface area contributed by atoms with Crippen molar-refractivity contribution in [1.82, 2.24) is 0 Å². The molecule has 6 heteroatoms. The highest BCUT2D eigenvalue weighted by molar-refractivity contribution is 7.79. The van der Waals surface area contributed by atoms with Crippen molar-refractivity contribution in [1.29, 1.82) is 0 Å². The predicted molar refractivity (Wildman–Crippen MR) is 45.8 cm³/mol. The Bertz CT molecular complexity index is 380. The molecule has 1 unspecified atom stereocenters. The smallest absolute Gasteiger partial charge is 0.189 e. The number of aldehydes is 1. The molecule has 0 saturated heterocycles. The van der Waals surface area contributed by atoms with Crippen molar-refractivity contribution in [2.45, 2.75) is 4.90 Å². The molecule has 0 aliphatic rings. The molecule has 1 aromatic rings. The zero-order chi connectivity index (χ0) is 10.0. The van der Waals surface area contributed by atoms with Gasteiger partial charge < -0.3 is 4.55 Å². The zero-order valence-corrected chi connectivity index (χ0v) is 7.73. The third-order valence-corrected chi connectivity index (χ3v) is 2.38. The maximum atomic E-state index is 12.9. The summed E-state index contributed by atoms with van der Waals surface area (Å²) in [4.78, 5) is 9.87. The highest BCUT2D eigenvalue weighted by Gasteiger charge is 2.11. The number of hydrogen-bond donors (Lipinski definition) is 1. The molecule has 1 atom stereocenters. The zero-order valence-electron chi connectivity index (χ0n) is 6.16. The summed E-state index contributed by atoms with van der Waals surface area (Å²) in [7, 11) is 0. The van der Waals surface area contributed by atoms with Gasteiger partial charge >= 0.3 is 0 Å². The number of hydrogen-bond acceptors (Lipinski definition) is 2. The summed E-state index contributed by atoms with van der Waals surface area (Å²) < 4.78 is 32.0. The molecule has 0 radical (unpaired) electrons. The van der Waals surface area contributed by atoms with E-state index in [0.29, 0.717) is 6.29 Å². The van der Waals surface area contributed by atoms with E-state index < -0.39 is 21.8 Å². The van der Waals surface area contributed by atoms with Gasteiger partial charge in [-0.05, 0) is 12.1 Å². The van der Waals surface area contributed by atoms with E-state index in [4.69, 9.17) is 16.2 Å². The van der Waals surface area contributed by atoms with Gasteiger partial charge in [0, 0.05) is 5.56 Å². The lowest BCUT2D eigenvalue weighted by atomic mass is 10.2. The van der Waals surface area contributed by atoms with E-state index in [-0.39, 0.29) is 10.6 Å². The number of halogens is 2. The Balaban J connectivity index is 3.38. The van der Waals surface area contributed by atoms with Crippen LogP contribution in [0.4, 0.5) is 4.39 Å². The highest BCUT2D eigenvalue weighted by atomic mass is 35.5. The number of rotatable bonds is 2. The van der Waals surface area contributed by atoms with Gasteiger partial charge in [0.25, 0.3) is 0 Å². The van der Waals surface area contributed by atoms with Gasteiger partial charge in [0.15, 0.2) is 17.4 Å². The fourth-order valence-corrected chi connectivity index (χ4v) is 1.42. The maximum absolute atomic E-state index is 12.9. The van der Waals surface area contributed by atoms with Crippen LogP contribution >= 0.6 is 11.6 Å². The van der Waals surface area contributed by atoms with Crippen LogP contribution in [0.3, 0.4) is 0 Å². The molecule has 0 bridgehead atoms. The lowest BCUT2D eigenvalue weighted by Crippen LogP contribution is -1.96. The van der Waals surface area contributed by atoms with Crippen LogP contribution in [0.5, 0.6) is 0 Å². The number of benzene rings is 1. The van der Waals surface area contributed by atoms with Crippen LogP contribution in [-0.2, 0) is 11.1 Å². The molecule has 0 aliphatic heterocycles. The van der Waals surface area contributed by atoms with Gasteiger partial charge in [-0.2, -0.15) is 0 Å². The van der Waals surface area contributed by atoms with Crippen molar-refractivity contribution < 1.29 is 17.9 Å². The van der Waals surface area contributed by atoms with Crippen LogP contribution in [0.15, 0.2) is 17.0 Å². The lowest BCUT2D eigenvalue weighted by Gasteiger charge is -2.00. The van der Waals surface area contributed by atoms with Gasteiger partial charge in [0.1, 0.15) is 10.7 Å². The van der Waals surface area contributed by atoms with E-state index in [1.54, 1.807) is 0 Å². The topological polar surface area (TPSA) is 54.4 Å². The Morgan fingerprint density at radius 1 is 1.54 bits per heavy atom. The molecule has 0 aromatic heterocycles. The van der Waals surface area contributed by atoms with E-state index in [1.807, 2.05) is 0 Å². The second-order valence-electron chi connectivity index (χ2n) is 2.17. The number of carbonyl (C=O) groups excluding carboxylic acids is 1. The molecule has 0 amide bonds. The summed E-state index contributed by atoms with van der Waals surface area (Å²) in [5.41, 5.74) is -0.0135. The van der Waals surface area contributed by atoms with Gasteiger partial charge in [0.05, 0.1) is 5.02 Å². The highest BCUT2D eigenvalue weighted by Crippen LogP contribution is 2.21. The van der Waals surface area contributed by atoms with Crippen LogP contribution in [0.1, 0.15) is 10.4 Å². The average molecular weight is 223 g/mol. The average Bonchev–Trinajstić information content (AvgIpc) is 2.03. The standard InChI is InChI=1S/C7H4ClFO3S/c8-5-2-6(9)7(13(11)12)1-4(5)3-10/h1-3H,(H,11,12). The van der Waals surface area contributed by atoms with Crippen LogP contribution in [0.25, 0.3) is 0 Å². The van der Waals surface area contributed by atoms with Crippen LogP contribution < -0.4 is 0 Å². The van der Waals surface area contributed by atoms with Gasteiger partial charge in [-0.25, -0.2) is 8.60 Å². The lowest BCUT2D eigenvalue weighted by molar-refractivity contribution is 0.112. The third-order valence-electron chi connectivity index (χ3n) is 1.37. The molecule has 0 aliphatic carbocycles.